The number of amides is 2. The van der Waals surface area contributed by atoms with Gasteiger partial charge in [-0.15, -0.1) is 0 Å². The predicted octanol–water partition coefficient (Wildman–Crippen LogP) is 3.25. The SMILES string of the molecule is O=C(/C=C/c1ccccc1)Nc1cccc(C(=O)NC[C@H]2CCCO2)c1. The average molecular weight is 350 g/mol. The normalized spacial score (nSPS) is 16.5. The zero-order valence-electron chi connectivity index (χ0n) is 14.5. The molecule has 1 aliphatic rings. The van der Waals surface area contributed by atoms with Crippen LogP contribution in [0.25, 0.3) is 6.08 Å². The van der Waals surface area contributed by atoms with Crippen LogP contribution in [0.3, 0.4) is 0 Å². The first-order valence-corrected chi connectivity index (χ1v) is 8.75. The van der Waals surface area contributed by atoms with Gasteiger partial charge in [-0.05, 0) is 42.7 Å². The second kappa shape index (κ2) is 8.97. The van der Waals surface area contributed by atoms with E-state index in [1.807, 2.05) is 30.3 Å². The average Bonchev–Trinajstić information content (AvgIpc) is 3.19. The molecule has 0 saturated carbocycles. The molecule has 26 heavy (non-hydrogen) atoms. The van der Waals surface area contributed by atoms with Crippen molar-refractivity contribution in [3.05, 3.63) is 71.8 Å². The Morgan fingerprint density at radius 1 is 1.12 bits per heavy atom. The van der Waals surface area contributed by atoms with Crippen LogP contribution in [0.4, 0.5) is 5.69 Å². The summed E-state index contributed by atoms with van der Waals surface area (Å²) in [6.45, 7) is 1.27. The monoisotopic (exact) mass is 350 g/mol. The Balaban J connectivity index is 1.55. The molecule has 2 aromatic carbocycles. The lowest BCUT2D eigenvalue weighted by molar-refractivity contribution is -0.111. The summed E-state index contributed by atoms with van der Waals surface area (Å²) in [4.78, 5) is 24.3. The van der Waals surface area contributed by atoms with E-state index in [-0.39, 0.29) is 17.9 Å². The molecule has 1 heterocycles. The third-order valence-electron chi connectivity index (χ3n) is 4.13. The molecule has 2 amide bonds. The number of hydrogen-bond donors (Lipinski definition) is 2. The first-order chi connectivity index (χ1) is 12.7. The van der Waals surface area contributed by atoms with Gasteiger partial charge in [-0.1, -0.05) is 36.4 Å². The van der Waals surface area contributed by atoms with Crippen molar-refractivity contribution in [3.63, 3.8) is 0 Å². The summed E-state index contributed by atoms with van der Waals surface area (Å²) in [7, 11) is 0. The van der Waals surface area contributed by atoms with Gasteiger partial charge in [0.05, 0.1) is 6.10 Å². The van der Waals surface area contributed by atoms with Crippen molar-refractivity contribution < 1.29 is 14.3 Å². The lowest BCUT2D eigenvalue weighted by Crippen LogP contribution is -2.31. The predicted molar refractivity (Wildman–Crippen MR) is 102 cm³/mol. The van der Waals surface area contributed by atoms with Crippen LogP contribution in [0.5, 0.6) is 0 Å². The number of carbonyl (C=O) groups is 2. The van der Waals surface area contributed by atoms with E-state index in [1.165, 1.54) is 6.08 Å². The standard InChI is InChI=1S/C21H22N2O3/c24-20(12-11-16-6-2-1-3-7-16)23-18-9-4-8-17(14-18)21(25)22-15-19-10-5-13-26-19/h1-4,6-9,11-12,14,19H,5,10,13,15H2,(H,22,25)(H,23,24)/b12-11+/t19-/m1/s1. The molecule has 1 atom stereocenters. The van der Waals surface area contributed by atoms with Gasteiger partial charge < -0.3 is 15.4 Å². The molecular weight excluding hydrogens is 328 g/mol. The van der Waals surface area contributed by atoms with Crippen molar-refractivity contribution in [1.29, 1.82) is 0 Å². The molecule has 5 nitrogen and oxygen atoms in total. The first kappa shape index (κ1) is 17.9. The van der Waals surface area contributed by atoms with Crippen molar-refractivity contribution in [2.24, 2.45) is 0 Å². The van der Waals surface area contributed by atoms with E-state index in [4.69, 9.17) is 4.74 Å². The topological polar surface area (TPSA) is 67.4 Å². The van der Waals surface area contributed by atoms with Crippen LogP contribution in [0.2, 0.25) is 0 Å². The Kier molecular flexibility index (Phi) is 6.17. The van der Waals surface area contributed by atoms with Gasteiger partial charge in [-0.3, -0.25) is 9.59 Å². The molecule has 1 fully saturated rings. The third-order valence-corrected chi connectivity index (χ3v) is 4.13. The summed E-state index contributed by atoms with van der Waals surface area (Å²) in [5, 5.41) is 5.65. The fourth-order valence-corrected chi connectivity index (χ4v) is 2.77. The number of ether oxygens (including phenoxy) is 1. The Bertz CT molecular complexity index is 781. The molecule has 2 aromatic rings. The van der Waals surface area contributed by atoms with Crippen LogP contribution in [-0.2, 0) is 9.53 Å². The highest BCUT2D eigenvalue weighted by Gasteiger charge is 2.16. The minimum Gasteiger partial charge on any atom is -0.376 e. The molecule has 0 radical (unpaired) electrons. The largest absolute Gasteiger partial charge is 0.376 e. The van der Waals surface area contributed by atoms with Gasteiger partial charge in [0.15, 0.2) is 0 Å². The van der Waals surface area contributed by atoms with Crippen LogP contribution in [-0.4, -0.2) is 31.1 Å². The van der Waals surface area contributed by atoms with E-state index in [2.05, 4.69) is 10.6 Å². The van der Waals surface area contributed by atoms with Crippen LogP contribution in [0, 0.1) is 0 Å². The van der Waals surface area contributed by atoms with Gasteiger partial charge in [0.1, 0.15) is 0 Å². The van der Waals surface area contributed by atoms with Crippen LogP contribution in [0.1, 0.15) is 28.8 Å². The number of hydrogen-bond acceptors (Lipinski definition) is 3. The molecule has 3 rings (SSSR count). The summed E-state index contributed by atoms with van der Waals surface area (Å²) in [5.74, 6) is -0.415. The minimum absolute atomic E-state index is 0.102. The number of rotatable bonds is 6. The van der Waals surface area contributed by atoms with Gasteiger partial charge in [0.2, 0.25) is 5.91 Å². The van der Waals surface area contributed by atoms with E-state index in [9.17, 15) is 9.59 Å². The second-order valence-corrected chi connectivity index (χ2v) is 6.16. The highest BCUT2D eigenvalue weighted by atomic mass is 16.5. The zero-order chi connectivity index (χ0) is 18.2. The van der Waals surface area contributed by atoms with E-state index in [1.54, 1.807) is 30.3 Å². The van der Waals surface area contributed by atoms with Gasteiger partial charge in [0, 0.05) is 30.5 Å². The van der Waals surface area contributed by atoms with Crippen molar-refractivity contribution in [2.45, 2.75) is 18.9 Å². The molecule has 0 aromatic heterocycles. The van der Waals surface area contributed by atoms with Crippen molar-refractivity contribution in [1.82, 2.24) is 5.32 Å². The summed E-state index contributed by atoms with van der Waals surface area (Å²) < 4.78 is 5.50. The maximum atomic E-state index is 12.3. The highest BCUT2D eigenvalue weighted by molar-refractivity contribution is 6.03. The maximum absolute atomic E-state index is 12.3. The molecule has 5 heteroatoms. The van der Waals surface area contributed by atoms with Crippen LogP contribution >= 0.6 is 0 Å². The lowest BCUT2D eigenvalue weighted by Gasteiger charge is -2.11. The summed E-state index contributed by atoms with van der Waals surface area (Å²) in [6.07, 6.45) is 5.33. The summed E-state index contributed by atoms with van der Waals surface area (Å²) in [5.41, 5.74) is 2.04. The Hall–Kier alpha value is -2.92. The van der Waals surface area contributed by atoms with Gasteiger partial charge in [0.25, 0.3) is 5.91 Å². The molecule has 1 saturated heterocycles. The number of nitrogens with one attached hydrogen (secondary N) is 2. The van der Waals surface area contributed by atoms with Gasteiger partial charge in [-0.25, -0.2) is 0 Å². The molecule has 0 aliphatic carbocycles. The zero-order valence-corrected chi connectivity index (χ0v) is 14.5. The smallest absolute Gasteiger partial charge is 0.251 e. The molecule has 0 spiro atoms. The van der Waals surface area contributed by atoms with Gasteiger partial charge in [-0.2, -0.15) is 0 Å². The molecule has 2 N–H and O–H groups in total. The molecule has 0 unspecified atom stereocenters. The number of carbonyl (C=O) groups excluding carboxylic acids is 2. The first-order valence-electron chi connectivity index (χ1n) is 8.75. The highest BCUT2D eigenvalue weighted by Crippen LogP contribution is 2.13. The van der Waals surface area contributed by atoms with Crippen LogP contribution in [0.15, 0.2) is 60.7 Å². The maximum Gasteiger partial charge on any atom is 0.251 e. The fraction of sp³-hybridized carbons (Fsp3) is 0.238. The quantitative estimate of drug-likeness (QED) is 0.786. The number of anilines is 1. The summed E-state index contributed by atoms with van der Waals surface area (Å²) in [6, 6.07) is 16.5. The second-order valence-electron chi connectivity index (χ2n) is 6.16. The van der Waals surface area contributed by atoms with E-state index < -0.39 is 0 Å². The van der Waals surface area contributed by atoms with Crippen molar-refractivity contribution in [2.75, 3.05) is 18.5 Å². The Morgan fingerprint density at radius 2 is 1.96 bits per heavy atom. The van der Waals surface area contributed by atoms with E-state index in [0.717, 1.165) is 25.0 Å². The Labute approximate surface area is 153 Å². The van der Waals surface area contributed by atoms with Gasteiger partial charge >= 0.3 is 0 Å². The van der Waals surface area contributed by atoms with E-state index >= 15 is 0 Å². The number of benzene rings is 2. The molecule has 1 aliphatic heterocycles. The fourth-order valence-electron chi connectivity index (χ4n) is 2.77. The van der Waals surface area contributed by atoms with E-state index in [0.29, 0.717) is 17.8 Å². The van der Waals surface area contributed by atoms with Crippen molar-refractivity contribution in [3.8, 4) is 0 Å². The van der Waals surface area contributed by atoms with Crippen molar-refractivity contribution >= 4 is 23.6 Å². The molecule has 134 valence electrons. The Morgan fingerprint density at radius 3 is 2.73 bits per heavy atom. The van der Waals surface area contributed by atoms with Crippen LogP contribution < -0.4 is 10.6 Å². The third kappa shape index (κ3) is 5.29. The lowest BCUT2D eigenvalue weighted by atomic mass is 10.1. The summed E-state index contributed by atoms with van der Waals surface area (Å²) >= 11 is 0. The molecule has 0 bridgehead atoms. The minimum atomic E-state index is -0.245. The molecular formula is C21H22N2O3.